The van der Waals surface area contributed by atoms with E-state index in [1.165, 1.54) is 16.7 Å². The molecule has 2 aromatic rings. The number of benzene rings is 2. The zero-order chi connectivity index (χ0) is 14.0. The Morgan fingerprint density at radius 1 is 0.950 bits per heavy atom. The second-order valence-corrected chi connectivity index (χ2v) is 5.21. The summed E-state index contributed by atoms with van der Waals surface area (Å²) < 4.78 is 0. The fourth-order valence-electron chi connectivity index (χ4n) is 3.26. The highest BCUT2D eigenvalue weighted by Gasteiger charge is 2.39. The van der Waals surface area contributed by atoms with E-state index in [9.17, 15) is 0 Å². The van der Waals surface area contributed by atoms with Crippen molar-refractivity contribution in [1.29, 1.82) is 0 Å². The van der Waals surface area contributed by atoms with Gasteiger partial charge in [0.1, 0.15) is 5.54 Å². The maximum Gasteiger partial charge on any atom is 0.110 e. The molecule has 0 bridgehead atoms. The summed E-state index contributed by atoms with van der Waals surface area (Å²) in [5.41, 5.74) is 3.29. The third-order valence-corrected chi connectivity index (χ3v) is 4.29. The van der Waals surface area contributed by atoms with Crippen LogP contribution in [0.2, 0.25) is 0 Å². The van der Waals surface area contributed by atoms with E-state index in [1.807, 2.05) is 6.07 Å². The van der Waals surface area contributed by atoms with Crippen molar-refractivity contribution in [1.82, 2.24) is 0 Å². The lowest BCUT2D eigenvalue weighted by atomic mass is 9.71. The molecule has 0 aromatic heterocycles. The number of aliphatic imine (C=N–C) groups is 2. The van der Waals surface area contributed by atoms with E-state index in [0.29, 0.717) is 0 Å². The number of fused-ring (bicyclic) bond motifs is 1. The summed E-state index contributed by atoms with van der Waals surface area (Å²) in [4.78, 5) is 8.82. The summed E-state index contributed by atoms with van der Waals surface area (Å²) >= 11 is 0. The van der Waals surface area contributed by atoms with Gasteiger partial charge in [0.05, 0.1) is 6.04 Å². The zero-order valence-corrected chi connectivity index (χ0v) is 11.5. The number of rotatable bonds is 3. The van der Waals surface area contributed by atoms with Crippen molar-refractivity contribution in [3.05, 3.63) is 71.3 Å². The molecule has 2 heteroatoms. The average Bonchev–Trinajstić information content (AvgIpc) is 2.54. The maximum absolute atomic E-state index is 4.55. The molecule has 3 rings (SSSR count). The second-order valence-electron chi connectivity index (χ2n) is 5.21. The van der Waals surface area contributed by atoms with Gasteiger partial charge in [-0.3, -0.25) is 9.98 Å². The minimum absolute atomic E-state index is 0.171. The molecule has 0 amide bonds. The lowest BCUT2D eigenvalue weighted by molar-refractivity contribution is 0.412. The van der Waals surface area contributed by atoms with Gasteiger partial charge in [-0.15, -0.1) is 0 Å². The molecule has 0 spiro atoms. The minimum atomic E-state index is -0.348. The van der Waals surface area contributed by atoms with Gasteiger partial charge >= 0.3 is 0 Å². The van der Waals surface area contributed by atoms with Crippen molar-refractivity contribution in [3.63, 3.8) is 0 Å². The first kappa shape index (κ1) is 12.8. The monoisotopic (exact) mass is 262 g/mol. The fourth-order valence-corrected chi connectivity index (χ4v) is 3.26. The highest BCUT2D eigenvalue weighted by atomic mass is 14.9. The Morgan fingerprint density at radius 3 is 2.35 bits per heavy atom. The van der Waals surface area contributed by atoms with Crippen LogP contribution in [0.15, 0.2) is 64.6 Å². The Bertz CT molecular complexity index is 633. The van der Waals surface area contributed by atoms with Gasteiger partial charge in [0, 0.05) is 0 Å². The van der Waals surface area contributed by atoms with Crippen molar-refractivity contribution in [2.45, 2.75) is 24.4 Å². The van der Waals surface area contributed by atoms with Crippen LogP contribution < -0.4 is 0 Å². The van der Waals surface area contributed by atoms with Gasteiger partial charge in [0.25, 0.3) is 0 Å². The van der Waals surface area contributed by atoms with Crippen LogP contribution >= 0.6 is 0 Å². The molecule has 0 radical (unpaired) electrons. The standard InChI is InChI=1S/C18H18N2/c1-19-17-12-13-18(20-2,14-8-4-3-5-9-14)16-11-7-6-10-15(16)17/h3-11,17H,1-2,12-13H2. The summed E-state index contributed by atoms with van der Waals surface area (Å²) in [6.07, 6.45) is 1.87. The first-order valence-electron chi connectivity index (χ1n) is 6.90. The molecule has 0 heterocycles. The summed E-state index contributed by atoms with van der Waals surface area (Å²) in [5, 5.41) is 0. The Labute approximate surface area is 119 Å². The summed E-state index contributed by atoms with van der Waals surface area (Å²) in [7, 11) is 0. The molecule has 0 N–H and O–H groups in total. The number of nitrogens with zero attached hydrogens (tertiary/aromatic N) is 2. The van der Waals surface area contributed by atoms with Gasteiger partial charge in [0.15, 0.2) is 0 Å². The molecule has 0 aliphatic heterocycles. The van der Waals surface area contributed by atoms with E-state index in [1.54, 1.807) is 0 Å². The first-order chi connectivity index (χ1) is 9.81. The van der Waals surface area contributed by atoms with Gasteiger partial charge in [-0.25, -0.2) is 0 Å². The summed E-state index contributed by atoms with van der Waals surface area (Å²) in [6, 6.07) is 19.0. The van der Waals surface area contributed by atoms with Gasteiger partial charge in [-0.1, -0.05) is 54.6 Å². The van der Waals surface area contributed by atoms with Crippen molar-refractivity contribution in [2.24, 2.45) is 9.98 Å². The van der Waals surface area contributed by atoms with Crippen LogP contribution in [-0.2, 0) is 5.54 Å². The van der Waals surface area contributed by atoms with Crippen LogP contribution in [0.25, 0.3) is 0 Å². The molecule has 0 saturated carbocycles. The molecule has 0 fully saturated rings. The predicted molar refractivity (Wildman–Crippen MR) is 84.7 cm³/mol. The van der Waals surface area contributed by atoms with Gasteiger partial charge < -0.3 is 0 Å². The molecule has 2 aromatic carbocycles. The highest BCUT2D eigenvalue weighted by Crippen LogP contribution is 2.47. The van der Waals surface area contributed by atoms with Crippen LogP contribution in [-0.4, -0.2) is 13.4 Å². The van der Waals surface area contributed by atoms with E-state index < -0.39 is 0 Å². The third kappa shape index (κ3) is 1.80. The molecule has 100 valence electrons. The van der Waals surface area contributed by atoms with Crippen molar-refractivity contribution in [3.8, 4) is 0 Å². The molecule has 2 atom stereocenters. The van der Waals surface area contributed by atoms with Crippen LogP contribution in [0.4, 0.5) is 0 Å². The van der Waals surface area contributed by atoms with E-state index >= 15 is 0 Å². The Hall–Kier alpha value is -2.22. The molecular weight excluding hydrogens is 244 g/mol. The van der Waals surface area contributed by atoms with Gasteiger partial charge in [-0.2, -0.15) is 0 Å². The largest absolute Gasteiger partial charge is 0.293 e. The maximum atomic E-state index is 4.55. The van der Waals surface area contributed by atoms with Gasteiger partial charge in [-0.05, 0) is 43.0 Å². The summed E-state index contributed by atoms with van der Waals surface area (Å²) in [5.74, 6) is 0. The predicted octanol–water partition coefficient (Wildman–Crippen LogP) is 4.17. The van der Waals surface area contributed by atoms with Crippen LogP contribution in [0.5, 0.6) is 0 Å². The van der Waals surface area contributed by atoms with E-state index in [2.05, 4.69) is 72.0 Å². The van der Waals surface area contributed by atoms with Crippen molar-refractivity contribution in [2.75, 3.05) is 0 Å². The van der Waals surface area contributed by atoms with Crippen molar-refractivity contribution < 1.29 is 0 Å². The molecule has 0 saturated heterocycles. The van der Waals surface area contributed by atoms with Crippen LogP contribution in [0, 0.1) is 0 Å². The zero-order valence-electron chi connectivity index (χ0n) is 11.5. The second kappa shape index (κ2) is 5.04. The smallest absolute Gasteiger partial charge is 0.110 e. The van der Waals surface area contributed by atoms with Crippen LogP contribution in [0.1, 0.15) is 35.6 Å². The van der Waals surface area contributed by atoms with E-state index in [-0.39, 0.29) is 11.6 Å². The number of hydrogen-bond donors (Lipinski definition) is 0. The van der Waals surface area contributed by atoms with Crippen molar-refractivity contribution >= 4 is 13.4 Å². The number of hydrogen-bond acceptors (Lipinski definition) is 2. The average molecular weight is 262 g/mol. The molecule has 20 heavy (non-hydrogen) atoms. The van der Waals surface area contributed by atoms with E-state index in [4.69, 9.17) is 0 Å². The molecule has 1 aliphatic rings. The molecular formula is C18H18N2. The quantitative estimate of drug-likeness (QED) is 0.742. The van der Waals surface area contributed by atoms with E-state index in [0.717, 1.165) is 12.8 Å². The Balaban J connectivity index is 2.23. The Kier molecular flexibility index (Phi) is 3.23. The lowest BCUT2D eigenvalue weighted by Gasteiger charge is -2.38. The molecule has 2 unspecified atom stereocenters. The molecule has 1 aliphatic carbocycles. The first-order valence-corrected chi connectivity index (χ1v) is 6.90. The minimum Gasteiger partial charge on any atom is -0.293 e. The topological polar surface area (TPSA) is 24.7 Å². The fraction of sp³-hybridized carbons (Fsp3) is 0.222. The third-order valence-electron chi connectivity index (χ3n) is 4.29. The van der Waals surface area contributed by atoms with Gasteiger partial charge in [0.2, 0.25) is 0 Å². The van der Waals surface area contributed by atoms with Crippen LogP contribution in [0.3, 0.4) is 0 Å². The lowest BCUT2D eigenvalue weighted by Crippen LogP contribution is -2.31. The normalized spacial score (nSPS) is 24.7. The SMILES string of the molecule is C=NC1CCC(N=C)(c2ccccc2)c2ccccc21. The highest BCUT2D eigenvalue weighted by molar-refractivity contribution is 5.49. The molecule has 2 nitrogen and oxygen atoms in total. The Morgan fingerprint density at radius 2 is 1.65 bits per heavy atom. The summed E-state index contributed by atoms with van der Waals surface area (Å²) in [6.45, 7) is 7.62.